The van der Waals surface area contributed by atoms with Crippen LogP contribution in [0.25, 0.3) is 0 Å². The van der Waals surface area contributed by atoms with Crippen molar-refractivity contribution in [1.82, 2.24) is 14.9 Å². The minimum Gasteiger partial charge on any atom is -0.333 e. The van der Waals surface area contributed by atoms with Crippen molar-refractivity contribution in [2.24, 2.45) is 0 Å². The van der Waals surface area contributed by atoms with Gasteiger partial charge in [0, 0.05) is 37.3 Å². The smallest absolute Gasteiger partial charge is 0.254 e. The predicted octanol–water partition coefficient (Wildman–Crippen LogP) is 2.58. The summed E-state index contributed by atoms with van der Waals surface area (Å²) in [6.07, 6.45) is 0. The number of benzene rings is 2. The van der Waals surface area contributed by atoms with E-state index in [0.717, 1.165) is 18.7 Å². The molecule has 152 valence electrons. The fraction of sp³-hybridized carbons (Fsp3) is 0.350. The second-order valence-electron chi connectivity index (χ2n) is 6.83. The first kappa shape index (κ1) is 22.4. The average molecular weight is 424 g/mol. The number of hydrogen-bond donors (Lipinski definition) is 2. The average Bonchev–Trinajstić information content (AvgIpc) is 2.68. The van der Waals surface area contributed by atoms with Crippen LogP contribution in [0.15, 0.2) is 59.5 Å². The number of nitrogens with one attached hydrogen (secondary N) is 2. The summed E-state index contributed by atoms with van der Waals surface area (Å²) in [5.41, 5.74) is 1.27. The molecule has 1 amide bonds. The summed E-state index contributed by atoms with van der Waals surface area (Å²) in [7, 11) is -3.74. The lowest BCUT2D eigenvalue weighted by Gasteiger charge is -2.34. The SMILES string of the molecule is CC(NS(=O)(=O)c1cccc(C(=O)N2CCNCC2C)c1)c1ccccc1.Cl. The van der Waals surface area contributed by atoms with Crippen LogP contribution in [0.2, 0.25) is 0 Å². The molecule has 28 heavy (non-hydrogen) atoms. The molecule has 0 aromatic heterocycles. The second kappa shape index (κ2) is 9.52. The maximum atomic E-state index is 12.8. The normalized spacial score (nSPS) is 18.2. The Morgan fingerprint density at radius 2 is 1.89 bits per heavy atom. The van der Waals surface area contributed by atoms with Gasteiger partial charge in [-0.25, -0.2) is 13.1 Å². The van der Waals surface area contributed by atoms with Crippen molar-refractivity contribution in [3.05, 3.63) is 65.7 Å². The van der Waals surface area contributed by atoms with Crippen LogP contribution in [-0.2, 0) is 10.0 Å². The Kier molecular flexibility index (Phi) is 7.60. The Morgan fingerprint density at radius 1 is 1.18 bits per heavy atom. The van der Waals surface area contributed by atoms with Crippen LogP contribution in [0.1, 0.15) is 35.8 Å². The maximum absolute atomic E-state index is 12.8. The molecule has 8 heteroatoms. The number of halogens is 1. The van der Waals surface area contributed by atoms with Crippen molar-refractivity contribution in [2.45, 2.75) is 30.8 Å². The molecule has 0 radical (unpaired) electrons. The number of carbonyl (C=O) groups is 1. The summed E-state index contributed by atoms with van der Waals surface area (Å²) in [4.78, 5) is 14.7. The highest BCUT2D eigenvalue weighted by molar-refractivity contribution is 7.89. The highest BCUT2D eigenvalue weighted by Gasteiger charge is 2.25. The van der Waals surface area contributed by atoms with Gasteiger partial charge >= 0.3 is 0 Å². The standard InChI is InChI=1S/C20H25N3O3S.ClH/c1-15-14-21-11-12-23(15)20(24)18-9-6-10-19(13-18)27(25,26)22-16(2)17-7-4-3-5-8-17;/h3-10,13,15-16,21-22H,11-12,14H2,1-2H3;1H. The largest absolute Gasteiger partial charge is 0.333 e. The van der Waals surface area contributed by atoms with E-state index >= 15 is 0 Å². The van der Waals surface area contributed by atoms with Crippen LogP contribution in [0, 0.1) is 0 Å². The molecule has 1 aliphatic rings. The summed E-state index contributed by atoms with van der Waals surface area (Å²) in [6, 6.07) is 15.3. The predicted molar refractivity (Wildman–Crippen MR) is 112 cm³/mol. The highest BCUT2D eigenvalue weighted by atomic mass is 35.5. The molecule has 3 rings (SSSR count). The minimum absolute atomic E-state index is 0. The first-order valence-corrected chi connectivity index (χ1v) is 10.6. The molecular weight excluding hydrogens is 398 g/mol. The van der Waals surface area contributed by atoms with Crippen molar-refractivity contribution in [1.29, 1.82) is 0 Å². The topological polar surface area (TPSA) is 78.5 Å². The first-order chi connectivity index (χ1) is 12.9. The number of rotatable bonds is 5. The molecular formula is C20H26ClN3O3S. The molecule has 2 atom stereocenters. The van der Waals surface area contributed by atoms with Crippen LogP contribution in [-0.4, -0.2) is 44.9 Å². The van der Waals surface area contributed by atoms with Gasteiger partial charge in [0.15, 0.2) is 0 Å². The molecule has 2 unspecified atom stereocenters. The van der Waals surface area contributed by atoms with Crippen molar-refractivity contribution in [3.63, 3.8) is 0 Å². The number of piperazine rings is 1. The van der Waals surface area contributed by atoms with E-state index < -0.39 is 10.0 Å². The summed E-state index contributed by atoms with van der Waals surface area (Å²) < 4.78 is 28.3. The molecule has 0 saturated carbocycles. The minimum atomic E-state index is -3.74. The van der Waals surface area contributed by atoms with Gasteiger partial charge in [0.2, 0.25) is 10.0 Å². The van der Waals surface area contributed by atoms with Gasteiger partial charge in [0.05, 0.1) is 4.90 Å². The molecule has 1 heterocycles. The number of hydrogen-bond acceptors (Lipinski definition) is 4. The van der Waals surface area contributed by atoms with Gasteiger partial charge in [-0.3, -0.25) is 4.79 Å². The third-order valence-corrected chi connectivity index (χ3v) is 6.32. The Morgan fingerprint density at radius 3 is 2.57 bits per heavy atom. The van der Waals surface area contributed by atoms with E-state index in [1.165, 1.54) is 12.1 Å². The number of nitrogens with zero attached hydrogens (tertiary/aromatic N) is 1. The Hall–Kier alpha value is -1.93. The number of carbonyl (C=O) groups excluding carboxylic acids is 1. The number of sulfonamides is 1. The van der Waals surface area contributed by atoms with Crippen molar-refractivity contribution in [3.8, 4) is 0 Å². The van der Waals surface area contributed by atoms with Crippen LogP contribution in [0.4, 0.5) is 0 Å². The quantitative estimate of drug-likeness (QED) is 0.774. The van der Waals surface area contributed by atoms with E-state index in [1.807, 2.05) is 37.3 Å². The van der Waals surface area contributed by atoms with Crippen LogP contribution < -0.4 is 10.0 Å². The van der Waals surface area contributed by atoms with E-state index in [9.17, 15) is 13.2 Å². The third kappa shape index (κ3) is 5.11. The van der Waals surface area contributed by atoms with E-state index in [1.54, 1.807) is 24.0 Å². The summed E-state index contributed by atoms with van der Waals surface area (Å²) in [5.74, 6) is -0.142. The molecule has 2 aromatic rings. The summed E-state index contributed by atoms with van der Waals surface area (Å²) in [6.45, 7) is 5.86. The fourth-order valence-electron chi connectivity index (χ4n) is 3.22. The van der Waals surface area contributed by atoms with Gasteiger partial charge in [-0.15, -0.1) is 12.4 Å². The zero-order chi connectivity index (χ0) is 19.4. The maximum Gasteiger partial charge on any atom is 0.254 e. The van der Waals surface area contributed by atoms with Gasteiger partial charge < -0.3 is 10.2 Å². The fourth-order valence-corrected chi connectivity index (χ4v) is 4.49. The van der Waals surface area contributed by atoms with E-state index in [2.05, 4.69) is 10.0 Å². The lowest BCUT2D eigenvalue weighted by molar-refractivity contribution is 0.0655. The molecule has 0 bridgehead atoms. The molecule has 6 nitrogen and oxygen atoms in total. The highest BCUT2D eigenvalue weighted by Crippen LogP contribution is 2.19. The lowest BCUT2D eigenvalue weighted by atomic mass is 10.1. The molecule has 1 aliphatic heterocycles. The van der Waals surface area contributed by atoms with Gasteiger partial charge in [-0.2, -0.15) is 0 Å². The van der Waals surface area contributed by atoms with Gasteiger partial charge in [0.25, 0.3) is 5.91 Å². The molecule has 2 N–H and O–H groups in total. The molecule has 1 fully saturated rings. The first-order valence-electron chi connectivity index (χ1n) is 9.07. The van der Waals surface area contributed by atoms with Crippen molar-refractivity contribution in [2.75, 3.05) is 19.6 Å². The molecule has 0 aliphatic carbocycles. The second-order valence-corrected chi connectivity index (χ2v) is 8.55. The Balaban J connectivity index is 0.00000280. The van der Waals surface area contributed by atoms with Gasteiger partial charge in [-0.1, -0.05) is 36.4 Å². The van der Waals surface area contributed by atoms with Gasteiger partial charge in [0.1, 0.15) is 0 Å². The molecule has 2 aromatic carbocycles. The molecule has 0 spiro atoms. The lowest BCUT2D eigenvalue weighted by Crippen LogP contribution is -2.52. The van der Waals surface area contributed by atoms with E-state index in [4.69, 9.17) is 0 Å². The molecule has 1 saturated heterocycles. The van der Waals surface area contributed by atoms with E-state index in [-0.39, 0.29) is 35.3 Å². The summed E-state index contributed by atoms with van der Waals surface area (Å²) in [5, 5.41) is 3.24. The zero-order valence-corrected chi connectivity index (χ0v) is 17.6. The third-order valence-electron chi connectivity index (χ3n) is 4.78. The Bertz CT molecular complexity index is 906. The number of amides is 1. The van der Waals surface area contributed by atoms with E-state index in [0.29, 0.717) is 12.1 Å². The van der Waals surface area contributed by atoms with Gasteiger partial charge in [-0.05, 0) is 37.6 Å². The van der Waals surface area contributed by atoms with Crippen LogP contribution in [0.5, 0.6) is 0 Å². The zero-order valence-electron chi connectivity index (χ0n) is 16.0. The monoisotopic (exact) mass is 423 g/mol. The van der Waals surface area contributed by atoms with Crippen molar-refractivity contribution < 1.29 is 13.2 Å². The van der Waals surface area contributed by atoms with Crippen LogP contribution >= 0.6 is 12.4 Å². The Labute approximate surface area is 172 Å². The summed E-state index contributed by atoms with van der Waals surface area (Å²) >= 11 is 0. The van der Waals surface area contributed by atoms with Crippen LogP contribution in [0.3, 0.4) is 0 Å². The van der Waals surface area contributed by atoms with Crippen molar-refractivity contribution >= 4 is 28.3 Å².